The molecule has 1 atom stereocenters. The van der Waals surface area contributed by atoms with Crippen molar-refractivity contribution in [1.29, 1.82) is 0 Å². The number of aromatic nitrogens is 1. The third kappa shape index (κ3) is 3.00. The molecular formula is C25H23NO6. The summed E-state index contributed by atoms with van der Waals surface area (Å²) in [5.41, 5.74) is 2.00. The van der Waals surface area contributed by atoms with Crippen molar-refractivity contribution in [3.63, 3.8) is 0 Å². The molecular weight excluding hydrogens is 410 g/mol. The number of aromatic amines is 1. The first-order valence-electron chi connectivity index (χ1n) is 10.0. The maximum atomic E-state index is 13.0. The minimum absolute atomic E-state index is 0.105. The Kier molecular flexibility index (Phi) is 5.34. The Bertz CT molecular complexity index is 1220. The van der Waals surface area contributed by atoms with Crippen molar-refractivity contribution in [3.05, 3.63) is 77.5 Å². The summed E-state index contributed by atoms with van der Waals surface area (Å²) in [6, 6.07) is 14.8. The van der Waals surface area contributed by atoms with Crippen LogP contribution in [-0.2, 0) is 23.8 Å². The normalized spacial score (nSPS) is 16.8. The van der Waals surface area contributed by atoms with Gasteiger partial charge in [0.2, 0.25) is 0 Å². The smallest absolute Gasteiger partial charge is 0.337 e. The van der Waals surface area contributed by atoms with Crippen LogP contribution in [0.15, 0.2) is 55.1 Å². The van der Waals surface area contributed by atoms with Crippen LogP contribution in [-0.4, -0.2) is 44.2 Å². The van der Waals surface area contributed by atoms with E-state index in [1.54, 1.807) is 12.1 Å². The molecule has 1 aliphatic rings. The number of methoxy groups -OCH3 is 3. The maximum absolute atomic E-state index is 13.0. The van der Waals surface area contributed by atoms with Crippen molar-refractivity contribution < 1.29 is 28.6 Å². The number of nitrogens with one attached hydrogen (secondary N) is 1. The fourth-order valence-electron chi connectivity index (χ4n) is 4.62. The Labute approximate surface area is 185 Å². The van der Waals surface area contributed by atoms with Crippen LogP contribution in [0.25, 0.3) is 16.5 Å². The molecule has 0 fully saturated rings. The van der Waals surface area contributed by atoms with Crippen molar-refractivity contribution in [2.75, 3.05) is 21.3 Å². The van der Waals surface area contributed by atoms with Crippen LogP contribution in [0.3, 0.4) is 0 Å². The first kappa shape index (κ1) is 21.4. The largest absolute Gasteiger partial charge is 0.468 e. The molecule has 0 saturated heterocycles. The predicted octanol–water partition coefficient (Wildman–Crippen LogP) is 3.84. The molecule has 7 heteroatoms. The Balaban J connectivity index is 2.03. The van der Waals surface area contributed by atoms with Crippen LogP contribution in [0.5, 0.6) is 0 Å². The van der Waals surface area contributed by atoms with E-state index in [4.69, 9.17) is 14.2 Å². The van der Waals surface area contributed by atoms with Crippen molar-refractivity contribution >= 4 is 34.4 Å². The lowest BCUT2D eigenvalue weighted by Gasteiger charge is -2.38. The minimum Gasteiger partial charge on any atom is -0.468 e. The van der Waals surface area contributed by atoms with Crippen molar-refractivity contribution in [2.24, 2.45) is 5.41 Å². The predicted molar refractivity (Wildman–Crippen MR) is 118 cm³/mol. The summed E-state index contributed by atoms with van der Waals surface area (Å²) in [4.78, 5) is 41.4. The fourth-order valence-corrected chi connectivity index (χ4v) is 4.62. The molecule has 4 rings (SSSR count). The first-order chi connectivity index (χ1) is 15.4. The van der Waals surface area contributed by atoms with Gasteiger partial charge in [0.15, 0.2) is 5.41 Å². The van der Waals surface area contributed by atoms with Crippen LogP contribution in [0, 0.1) is 5.41 Å². The molecule has 0 radical (unpaired) electrons. The molecule has 3 aromatic rings. The highest BCUT2D eigenvalue weighted by atomic mass is 16.5. The van der Waals surface area contributed by atoms with E-state index in [0.29, 0.717) is 16.8 Å². The van der Waals surface area contributed by atoms with Gasteiger partial charge in [0.05, 0.1) is 26.9 Å². The molecule has 164 valence electrons. The van der Waals surface area contributed by atoms with Gasteiger partial charge < -0.3 is 19.2 Å². The maximum Gasteiger partial charge on any atom is 0.337 e. The Morgan fingerprint density at radius 1 is 0.969 bits per heavy atom. The summed E-state index contributed by atoms with van der Waals surface area (Å²) in [6.07, 6.45) is 0.105. The lowest BCUT2D eigenvalue weighted by molar-refractivity contribution is -0.165. The Morgan fingerprint density at radius 3 is 2.22 bits per heavy atom. The van der Waals surface area contributed by atoms with Gasteiger partial charge in [0, 0.05) is 22.5 Å². The molecule has 1 aliphatic carbocycles. The fraction of sp³-hybridized carbons (Fsp3) is 0.240. The van der Waals surface area contributed by atoms with Crippen LogP contribution in [0.4, 0.5) is 0 Å². The van der Waals surface area contributed by atoms with Gasteiger partial charge in [0.25, 0.3) is 0 Å². The van der Waals surface area contributed by atoms with Gasteiger partial charge in [-0.1, -0.05) is 43.0 Å². The average molecular weight is 433 g/mol. The second-order valence-electron chi connectivity index (χ2n) is 7.70. The zero-order valence-corrected chi connectivity index (χ0v) is 18.1. The number of fused-ring (bicyclic) bond motifs is 3. The number of ether oxygens (including phenoxy) is 3. The van der Waals surface area contributed by atoms with E-state index < -0.39 is 23.3 Å². The average Bonchev–Trinajstić information content (AvgIpc) is 3.22. The molecule has 2 aromatic carbocycles. The third-order valence-corrected chi connectivity index (χ3v) is 6.21. The van der Waals surface area contributed by atoms with E-state index in [2.05, 4.69) is 11.6 Å². The SMILES string of the molecule is C=C1c2[nH]c3cc(C(=O)OC)ccc3c2C(c2ccccc2)CC1(C(=O)OC)C(=O)OC. The summed E-state index contributed by atoms with van der Waals surface area (Å²) >= 11 is 0. The minimum atomic E-state index is -1.71. The van der Waals surface area contributed by atoms with Crippen molar-refractivity contribution in [3.8, 4) is 0 Å². The zero-order chi connectivity index (χ0) is 23.0. The highest BCUT2D eigenvalue weighted by Gasteiger charge is 2.56. The summed E-state index contributed by atoms with van der Waals surface area (Å²) in [5, 5.41) is 0.867. The van der Waals surface area contributed by atoms with Gasteiger partial charge in [-0.25, -0.2) is 4.79 Å². The zero-order valence-electron chi connectivity index (χ0n) is 18.1. The molecule has 0 amide bonds. The van der Waals surface area contributed by atoms with E-state index in [1.165, 1.54) is 21.3 Å². The van der Waals surface area contributed by atoms with Crippen molar-refractivity contribution in [2.45, 2.75) is 12.3 Å². The lowest BCUT2D eigenvalue weighted by atomic mass is 9.64. The van der Waals surface area contributed by atoms with E-state index in [1.807, 2.05) is 36.4 Å². The number of hydrogen-bond donors (Lipinski definition) is 1. The number of carbonyl (C=O) groups is 3. The van der Waals surface area contributed by atoms with E-state index in [9.17, 15) is 14.4 Å². The van der Waals surface area contributed by atoms with Crippen LogP contribution in [0.2, 0.25) is 0 Å². The summed E-state index contributed by atoms with van der Waals surface area (Å²) in [7, 11) is 3.79. The number of carbonyl (C=O) groups excluding carboxylic acids is 3. The summed E-state index contributed by atoms with van der Waals surface area (Å²) < 4.78 is 14.9. The molecule has 0 aliphatic heterocycles. The van der Waals surface area contributed by atoms with Crippen LogP contribution >= 0.6 is 0 Å². The second-order valence-corrected chi connectivity index (χ2v) is 7.70. The molecule has 7 nitrogen and oxygen atoms in total. The number of esters is 3. The molecule has 0 spiro atoms. The number of rotatable bonds is 4. The van der Waals surface area contributed by atoms with Gasteiger partial charge in [-0.15, -0.1) is 0 Å². The second kappa shape index (κ2) is 8.00. The van der Waals surface area contributed by atoms with Gasteiger partial charge in [0.1, 0.15) is 0 Å². The van der Waals surface area contributed by atoms with Crippen molar-refractivity contribution in [1.82, 2.24) is 4.98 Å². The van der Waals surface area contributed by atoms with E-state index in [-0.39, 0.29) is 17.9 Å². The summed E-state index contributed by atoms with van der Waals surface area (Å²) in [5.74, 6) is -2.24. The number of H-pyrrole nitrogens is 1. The van der Waals surface area contributed by atoms with Gasteiger partial charge in [-0.2, -0.15) is 0 Å². The molecule has 1 aromatic heterocycles. The molecule has 0 bridgehead atoms. The Morgan fingerprint density at radius 2 is 1.62 bits per heavy atom. The van der Waals surface area contributed by atoms with Crippen LogP contribution < -0.4 is 0 Å². The van der Waals surface area contributed by atoms with E-state index in [0.717, 1.165) is 16.5 Å². The molecule has 1 N–H and O–H groups in total. The van der Waals surface area contributed by atoms with Gasteiger partial charge >= 0.3 is 17.9 Å². The molecule has 32 heavy (non-hydrogen) atoms. The molecule has 0 saturated carbocycles. The topological polar surface area (TPSA) is 94.7 Å². The number of benzene rings is 2. The lowest BCUT2D eigenvalue weighted by Crippen LogP contribution is -2.45. The molecule has 1 heterocycles. The Hall–Kier alpha value is -3.87. The van der Waals surface area contributed by atoms with E-state index >= 15 is 0 Å². The first-order valence-corrected chi connectivity index (χ1v) is 10.0. The monoisotopic (exact) mass is 433 g/mol. The highest BCUT2D eigenvalue weighted by Crippen LogP contribution is 2.54. The quantitative estimate of drug-likeness (QED) is 0.382. The highest BCUT2D eigenvalue weighted by molar-refractivity contribution is 6.14. The van der Waals surface area contributed by atoms with Crippen LogP contribution in [0.1, 0.15) is 39.5 Å². The third-order valence-electron chi connectivity index (χ3n) is 6.21. The van der Waals surface area contributed by atoms with Gasteiger partial charge in [-0.05, 0) is 35.3 Å². The molecule has 1 unspecified atom stereocenters. The standard InChI is InChI=1S/C25H23NO6/c1-14-21-20(17-11-10-16(22(27)30-2)12-19(17)26-21)18(15-8-6-5-7-9-15)13-25(14,23(28)31-3)24(29)32-4/h5-12,18,26H,1,13H2,2-4H3. The van der Waals surface area contributed by atoms with Gasteiger partial charge in [-0.3, -0.25) is 9.59 Å². The number of hydrogen-bond acceptors (Lipinski definition) is 6. The summed E-state index contributed by atoms with van der Waals surface area (Å²) in [6.45, 7) is 4.12.